The summed E-state index contributed by atoms with van der Waals surface area (Å²) < 4.78 is 11.6. The monoisotopic (exact) mass is 790 g/mol. The summed E-state index contributed by atoms with van der Waals surface area (Å²) in [5.74, 6) is 0.456. The van der Waals surface area contributed by atoms with Crippen LogP contribution < -0.4 is 21.5 Å². The van der Waals surface area contributed by atoms with Crippen molar-refractivity contribution in [2.45, 2.75) is 220 Å². The molecule has 0 unspecified atom stereocenters. The summed E-state index contributed by atoms with van der Waals surface area (Å²) in [5, 5.41) is 6.00. The number of rotatable bonds is 41. The summed E-state index contributed by atoms with van der Waals surface area (Å²) >= 11 is 0. The van der Waals surface area contributed by atoms with Crippen LogP contribution in [-0.2, 0) is 19.1 Å². The Morgan fingerprint density at radius 3 is 1.54 bits per heavy atom. The van der Waals surface area contributed by atoms with Crippen molar-refractivity contribution in [3.8, 4) is 0 Å². The molecule has 0 aliphatic carbocycles. The number of hydrogen-bond donors (Lipinski definition) is 2. The van der Waals surface area contributed by atoms with Crippen LogP contribution in [0.2, 0.25) is 0 Å². The van der Waals surface area contributed by atoms with Crippen LogP contribution in [0.15, 0.2) is 9.59 Å². The zero-order chi connectivity index (χ0) is 41.1. The Balaban J connectivity index is 2.40. The fourth-order valence-electron chi connectivity index (χ4n) is 7.60. The van der Waals surface area contributed by atoms with Crippen molar-refractivity contribution < 1.29 is 19.1 Å². The standard InChI is InChI=1S/C47H87N3O6/c1-6-10-14-22-31-41(32-23-15-11-7-2)56-43(52)34-25-19-17-21-27-37-50(38-28-35-49-45-44(48-5)46(53)47(45)54)36-26-20-16-18-24-33-42(51)55-39-40(29-12-8-3)30-13-9-4/h40-41,48-49H,6-39H2,1-5H3. The van der Waals surface area contributed by atoms with Crippen molar-refractivity contribution in [3.63, 3.8) is 0 Å². The molecule has 0 bridgehead atoms. The highest BCUT2D eigenvalue weighted by molar-refractivity contribution is 5.73. The number of anilines is 2. The Kier molecular flexibility index (Phi) is 32.9. The van der Waals surface area contributed by atoms with E-state index in [1.165, 1.54) is 64.2 Å². The SMILES string of the molecule is CCCCCCC(CCCCCC)OC(=O)CCCCCCCN(CCCCCCCC(=O)OCC(CCCC)CCCC)CCCNc1c(NC)c(=O)c1=O. The topological polar surface area (TPSA) is 114 Å². The predicted octanol–water partition coefficient (Wildman–Crippen LogP) is 11.5. The first-order valence-electron chi connectivity index (χ1n) is 23.6. The second-order valence-corrected chi connectivity index (χ2v) is 16.5. The van der Waals surface area contributed by atoms with Gasteiger partial charge >= 0.3 is 11.9 Å². The molecule has 0 radical (unpaired) electrons. The lowest BCUT2D eigenvalue weighted by Crippen LogP contribution is -2.37. The maximum absolute atomic E-state index is 12.7. The molecule has 9 heteroatoms. The summed E-state index contributed by atoms with van der Waals surface area (Å²) in [6, 6.07) is 0. The van der Waals surface area contributed by atoms with Gasteiger partial charge in [0, 0.05) is 26.4 Å². The van der Waals surface area contributed by atoms with E-state index in [-0.39, 0.29) is 18.0 Å². The molecule has 1 aromatic rings. The molecule has 0 saturated heterocycles. The van der Waals surface area contributed by atoms with Crippen molar-refractivity contribution >= 4 is 23.3 Å². The maximum Gasteiger partial charge on any atom is 0.306 e. The van der Waals surface area contributed by atoms with Gasteiger partial charge in [-0.2, -0.15) is 0 Å². The normalized spacial score (nSPS) is 11.6. The number of carbonyl (C=O) groups excluding carboxylic acids is 2. The first-order chi connectivity index (χ1) is 27.3. The molecular formula is C47H87N3O6. The molecule has 0 fully saturated rings. The number of ether oxygens (including phenoxy) is 2. The van der Waals surface area contributed by atoms with Crippen LogP contribution in [0.25, 0.3) is 0 Å². The summed E-state index contributed by atoms with van der Waals surface area (Å²) in [6.07, 6.45) is 31.5. The Bertz CT molecular complexity index is 1150. The van der Waals surface area contributed by atoms with Crippen LogP contribution in [0.4, 0.5) is 11.4 Å². The highest BCUT2D eigenvalue weighted by Gasteiger charge is 2.19. The number of carbonyl (C=O) groups is 2. The lowest BCUT2D eigenvalue weighted by Gasteiger charge is -2.23. The van der Waals surface area contributed by atoms with E-state index in [4.69, 9.17) is 9.47 Å². The largest absolute Gasteiger partial charge is 0.465 e. The van der Waals surface area contributed by atoms with Crippen LogP contribution in [-0.4, -0.2) is 62.8 Å². The Labute approximate surface area is 343 Å². The molecule has 0 amide bonds. The van der Waals surface area contributed by atoms with E-state index in [1.54, 1.807) is 7.05 Å². The van der Waals surface area contributed by atoms with Crippen LogP contribution >= 0.6 is 0 Å². The lowest BCUT2D eigenvalue weighted by molar-refractivity contribution is -0.150. The van der Waals surface area contributed by atoms with Gasteiger partial charge in [-0.3, -0.25) is 19.2 Å². The number of nitrogens with zero attached hydrogens (tertiary/aromatic N) is 1. The lowest BCUT2D eigenvalue weighted by atomic mass is 9.97. The van der Waals surface area contributed by atoms with Gasteiger partial charge in [0.2, 0.25) is 0 Å². The fraction of sp³-hybridized carbons (Fsp3) is 0.872. The third kappa shape index (κ3) is 25.8. The predicted molar refractivity (Wildman–Crippen MR) is 237 cm³/mol. The Morgan fingerprint density at radius 1 is 0.536 bits per heavy atom. The summed E-state index contributed by atoms with van der Waals surface area (Å²) in [7, 11) is 1.67. The third-order valence-corrected chi connectivity index (χ3v) is 11.3. The number of hydrogen-bond acceptors (Lipinski definition) is 9. The average molecular weight is 790 g/mol. The summed E-state index contributed by atoms with van der Waals surface area (Å²) in [5.41, 5.74) is -0.0653. The molecule has 1 rings (SSSR count). The highest BCUT2D eigenvalue weighted by atomic mass is 16.5. The molecule has 0 aliphatic heterocycles. The van der Waals surface area contributed by atoms with E-state index in [0.717, 1.165) is 129 Å². The van der Waals surface area contributed by atoms with Gasteiger partial charge in [-0.1, -0.05) is 130 Å². The van der Waals surface area contributed by atoms with Crippen LogP contribution in [0.1, 0.15) is 214 Å². The van der Waals surface area contributed by atoms with Crippen molar-refractivity contribution in [2.24, 2.45) is 5.92 Å². The minimum atomic E-state index is -0.441. The molecular weight excluding hydrogens is 703 g/mol. The Hall–Kier alpha value is -2.42. The van der Waals surface area contributed by atoms with Crippen molar-refractivity contribution in [1.82, 2.24) is 4.90 Å². The fourth-order valence-corrected chi connectivity index (χ4v) is 7.60. The number of nitrogens with one attached hydrogen (secondary N) is 2. The van der Waals surface area contributed by atoms with Gasteiger partial charge in [-0.05, 0) is 96.2 Å². The minimum Gasteiger partial charge on any atom is -0.465 e. The van der Waals surface area contributed by atoms with Gasteiger partial charge in [0.25, 0.3) is 10.9 Å². The maximum atomic E-state index is 12.7. The number of unbranched alkanes of at least 4 members (excludes halogenated alkanes) is 16. The van der Waals surface area contributed by atoms with E-state index in [0.29, 0.717) is 43.3 Å². The van der Waals surface area contributed by atoms with E-state index >= 15 is 0 Å². The van der Waals surface area contributed by atoms with Gasteiger partial charge < -0.3 is 25.0 Å². The van der Waals surface area contributed by atoms with E-state index in [2.05, 4.69) is 43.2 Å². The number of esters is 2. The van der Waals surface area contributed by atoms with E-state index in [9.17, 15) is 19.2 Å². The summed E-state index contributed by atoms with van der Waals surface area (Å²) in [6.45, 7) is 13.1. The molecule has 1 aromatic carbocycles. The highest BCUT2D eigenvalue weighted by Crippen LogP contribution is 2.19. The second kappa shape index (κ2) is 35.7. The molecule has 0 saturated carbocycles. The van der Waals surface area contributed by atoms with Crippen LogP contribution in [0.3, 0.4) is 0 Å². The van der Waals surface area contributed by atoms with Crippen LogP contribution in [0, 0.1) is 5.92 Å². The second-order valence-electron chi connectivity index (χ2n) is 16.5. The van der Waals surface area contributed by atoms with Gasteiger partial charge in [-0.25, -0.2) is 0 Å². The first-order valence-corrected chi connectivity index (χ1v) is 23.6. The zero-order valence-corrected chi connectivity index (χ0v) is 37.1. The third-order valence-electron chi connectivity index (χ3n) is 11.3. The van der Waals surface area contributed by atoms with Gasteiger partial charge in [-0.15, -0.1) is 0 Å². The first kappa shape index (κ1) is 51.6. The smallest absolute Gasteiger partial charge is 0.306 e. The van der Waals surface area contributed by atoms with Gasteiger partial charge in [0.1, 0.15) is 17.5 Å². The Morgan fingerprint density at radius 2 is 1.00 bits per heavy atom. The molecule has 0 spiro atoms. The summed E-state index contributed by atoms with van der Waals surface area (Å²) in [4.78, 5) is 51.3. The molecule has 2 N–H and O–H groups in total. The van der Waals surface area contributed by atoms with Crippen molar-refractivity contribution in [1.29, 1.82) is 0 Å². The molecule has 9 nitrogen and oxygen atoms in total. The van der Waals surface area contributed by atoms with Crippen LogP contribution in [0.5, 0.6) is 0 Å². The average Bonchev–Trinajstić information content (AvgIpc) is 3.20. The van der Waals surface area contributed by atoms with E-state index < -0.39 is 10.9 Å². The van der Waals surface area contributed by atoms with Gasteiger partial charge in [0.15, 0.2) is 0 Å². The molecule has 56 heavy (non-hydrogen) atoms. The molecule has 0 aromatic heterocycles. The van der Waals surface area contributed by atoms with E-state index in [1.807, 2.05) is 0 Å². The van der Waals surface area contributed by atoms with Crippen molar-refractivity contribution in [2.75, 3.05) is 50.5 Å². The molecule has 0 aliphatic rings. The van der Waals surface area contributed by atoms with Crippen molar-refractivity contribution in [3.05, 3.63) is 20.4 Å². The quantitative estimate of drug-likeness (QED) is 0.0380. The molecule has 0 atom stereocenters. The minimum absolute atomic E-state index is 0.0139. The molecule has 326 valence electrons. The van der Waals surface area contributed by atoms with Gasteiger partial charge in [0.05, 0.1) is 6.61 Å². The zero-order valence-electron chi connectivity index (χ0n) is 37.1. The molecule has 0 heterocycles.